The third-order valence-corrected chi connectivity index (χ3v) is 2.37. The van der Waals surface area contributed by atoms with Crippen molar-refractivity contribution in [2.75, 3.05) is 0 Å². The van der Waals surface area contributed by atoms with Crippen LogP contribution >= 0.6 is 0 Å². The predicted molar refractivity (Wildman–Crippen MR) is 57.1 cm³/mol. The average Bonchev–Trinajstić information content (AvgIpc) is 2.61. The molecule has 2 heterocycles. The van der Waals surface area contributed by atoms with Gasteiger partial charge in [-0.2, -0.15) is 0 Å². The third kappa shape index (κ3) is 1.27. The summed E-state index contributed by atoms with van der Waals surface area (Å²) in [5.41, 5.74) is 1.57. The summed E-state index contributed by atoms with van der Waals surface area (Å²) in [4.78, 5) is 4.48. The molecule has 2 aromatic heterocycles. The smallest absolute Gasteiger partial charge is 0.137 e. The number of pyridine rings is 1. The highest BCUT2D eigenvalue weighted by Crippen LogP contribution is 2.21. The minimum atomic E-state index is -0.300. The van der Waals surface area contributed by atoms with Crippen molar-refractivity contribution in [1.29, 1.82) is 0 Å². The van der Waals surface area contributed by atoms with E-state index in [9.17, 15) is 0 Å². The molecule has 0 spiro atoms. The zero-order chi connectivity index (χ0) is 10.2. The molecule has 0 fully saturated rings. The van der Waals surface area contributed by atoms with Crippen LogP contribution in [0.5, 0.6) is 0 Å². The van der Waals surface area contributed by atoms with Gasteiger partial charge in [0.1, 0.15) is 5.65 Å². The van der Waals surface area contributed by atoms with Crippen molar-refractivity contribution in [2.24, 2.45) is 0 Å². The summed E-state index contributed by atoms with van der Waals surface area (Å²) in [6.45, 7) is 3.99. The van der Waals surface area contributed by atoms with Crippen LogP contribution in [0.15, 0.2) is 30.6 Å². The fraction of sp³-hybridized carbons (Fsp3) is 0.250. The van der Waals surface area contributed by atoms with E-state index >= 15 is 0 Å². The number of fused-ring (bicyclic) bond motifs is 1. The maximum Gasteiger partial charge on any atom is 0.137 e. The van der Waals surface area contributed by atoms with Gasteiger partial charge < -0.3 is 4.40 Å². The van der Waals surface area contributed by atoms with Crippen LogP contribution in [0, 0.1) is 12.3 Å². The molecule has 2 rings (SSSR count). The van der Waals surface area contributed by atoms with Gasteiger partial charge in [-0.1, -0.05) is 12.0 Å². The minimum Gasteiger partial charge on any atom is -0.307 e. The van der Waals surface area contributed by atoms with Gasteiger partial charge in [-0.3, -0.25) is 0 Å². The molecule has 0 radical (unpaired) electrons. The standard InChI is InChI=1S/C12H12N2/c1-4-12(2,3)10-9-14-8-6-5-7-11(14)13-10/h1,5-9H,2-3H3. The van der Waals surface area contributed by atoms with E-state index in [0.717, 1.165) is 11.3 Å². The molecule has 0 amide bonds. The van der Waals surface area contributed by atoms with E-state index in [-0.39, 0.29) is 5.41 Å². The molecule has 0 aliphatic heterocycles. The molecule has 0 bridgehead atoms. The molecule has 70 valence electrons. The number of nitrogens with zero attached hydrogens (tertiary/aromatic N) is 2. The Kier molecular flexibility index (Phi) is 1.82. The summed E-state index contributed by atoms with van der Waals surface area (Å²) >= 11 is 0. The number of imidazole rings is 1. The van der Waals surface area contributed by atoms with Crippen LogP contribution in [0.3, 0.4) is 0 Å². The molecule has 0 aliphatic carbocycles. The summed E-state index contributed by atoms with van der Waals surface area (Å²) in [6.07, 6.45) is 9.41. The first kappa shape index (κ1) is 8.83. The second-order valence-electron chi connectivity index (χ2n) is 3.86. The molecule has 2 nitrogen and oxygen atoms in total. The third-order valence-electron chi connectivity index (χ3n) is 2.37. The fourth-order valence-electron chi connectivity index (χ4n) is 1.31. The Morgan fingerprint density at radius 3 is 2.86 bits per heavy atom. The van der Waals surface area contributed by atoms with Crippen molar-refractivity contribution in [1.82, 2.24) is 9.38 Å². The second-order valence-corrected chi connectivity index (χ2v) is 3.86. The first-order valence-electron chi connectivity index (χ1n) is 4.55. The van der Waals surface area contributed by atoms with Crippen LogP contribution in [-0.4, -0.2) is 9.38 Å². The number of aromatic nitrogens is 2. The van der Waals surface area contributed by atoms with Crippen molar-refractivity contribution in [2.45, 2.75) is 19.3 Å². The first-order valence-corrected chi connectivity index (χ1v) is 4.55. The zero-order valence-electron chi connectivity index (χ0n) is 8.36. The molecule has 0 aliphatic rings. The highest BCUT2D eigenvalue weighted by molar-refractivity contribution is 5.42. The topological polar surface area (TPSA) is 17.3 Å². The van der Waals surface area contributed by atoms with Crippen molar-refractivity contribution in [3.63, 3.8) is 0 Å². The quantitative estimate of drug-likeness (QED) is 0.621. The van der Waals surface area contributed by atoms with Crippen molar-refractivity contribution >= 4 is 5.65 Å². The highest BCUT2D eigenvalue weighted by atomic mass is 15.0. The zero-order valence-corrected chi connectivity index (χ0v) is 8.36. The minimum absolute atomic E-state index is 0.300. The second kappa shape index (κ2) is 2.88. The van der Waals surface area contributed by atoms with E-state index in [2.05, 4.69) is 10.9 Å². The van der Waals surface area contributed by atoms with E-state index in [1.54, 1.807) is 0 Å². The van der Waals surface area contributed by atoms with Crippen LogP contribution in [0.1, 0.15) is 19.5 Å². The van der Waals surface area contributed by atoms with E-state index in [1.165, 1.54) is 0 Å². The van der Waals surface area contributed by atoms with Gasteiger partial charge in [-0.05, 0) is 26.0 Å². The predicted octanol–water partition coefficient (Wildman–Crippen LogP) is 2.25. The summed E-state index contributed by atoms with van der Waals surface area (Å²) in [6, 6.07) is 5.91. The van der Waals surface area contributed by atoms with Crippen LogP contribution in [-0.2, 0) is 5.41 Å². The SMILES string of the molecule is C#CC(C)(C)c1cn2ccccc2n1. The number of terminal acetylenes is 1. The maximum atomic E-state index is 5.46. The average molecular weight is 184 g/mol. The molecule has 14 heavy (non-hydrogen) atoms. The van der Waals surface area contributed by atoms with Crippen molar-refractivity contribution < 1.29 is 0 Å². The van der Waals surface area contributed by atoms with E-state index in [1.807, 2.05) is 48.8 Å². The summed E-state index contributed by atoms with van der Waals surface area (Å²) in [5, 5.41) is 0. The van der Waals surface area contributed by atoms with Gasteiger partial charge in [0.2, 0.25) is 0 Å². The monoisotopic (exact) mass is 184 g/mol. The largest absolute Gasteiger partial charge is 0.307 e. The molecule has 2 heteroatoms. The van der Waals surface area contributed by atoms with Gasteiger partial charge in [-0.25, -0.2) is 4.98 Å². The highest BCUT2D eigenvalue weighted by Gasteiger charge is 2.20. The molecule has 0 atom stereocenters. The summed E-state index contributed by atoms with van der Waals surface area (Å²) in [7, 11) is 0. The van der Waals surface area contributed by atoms with Crippen LogP contribution < -0.4 is 0 Å². The Balaban J connectivity index is 2.62. The Hall–Kier alpha value is -1.75. The lowest BCUT2D eigenvalue weighted by molar-refractivity contribution is 0.676. The van der Waals surface area contributed by atoms with Gasteiger partial charge in [0.15, 0.2) is 0 Å². The molecule has 0 N–H and O–H groups in total. The first-order chi connectivity index (χ1) is 6.63. The van der Waals surface area contributed by atoms with Gasteiger partial charge in [0.25, 0.3) is 0 Å². The van der Waals surface area contributed by atoms with E-state index in [4.69, 9.17) is 6.42 Å². The normalized spacial score (nSPS) is 11.5. The Bertz CT molecular complexity index is 467. The maximum absolute atomic E-state index is 5.46. The Morgan fingerprint density at radius 2 is 2.21 bits per heavy atom. The number of hydrogen-bond acceptors (Lipinski definition) is 1. The van der Waals surface area contributed by atoms with Gasteiger partial charge >= 0.3 is 0 Å². The molecule has 0 saturated carbocycles. The fourth-order valence-corrected chi connectivity index (χ4v) is 1.31. The Morgan fingerprint density at radius 1 is 1.43 bits per heavy atom. The Labute approximate surface area is 83.6 Å². The number of rotatable bonds is 1. The van der Waals surface area contributed by atoms with Crippen LogP contribution in [0.4, 0.5) is 0 Å². The van der Waals surface area contributed by atoms with Crippen LogP contribution in [0.25, 0.3) is 5.65 Å². The van der Waals surface area contributed by atoms with Gasteiger partial charge in [0, 0.05) is 12.4 Å². The van der Waals surface area contributed by atoms with Crippen LogP contribution in [0.2, 0.25) is 0 Å². The number of hydrogen-bond donors (Lipinski definition) is 0. The summed E-state index contributed by atoms with van der Waals surface area (Å²) in [5.74, 6) is 2.74. The van der Waals surface area contributed by atoms with Crippen molar-refractivity contribution in [3.05, 3.63) is 36.3 Å². The molecule has 0 unspecified atom stereocenters. The lowest BCUT2D eigenvalue weighted by atomic mass is 9.91. The van der Waals surface area contributed by atoms with Gasteiger partial charge in [0.05, 0.1) is 11.1 Å². The van der Waals surface area contributed by atoms with Crippen molar-refractivity contribution in [3.8, 4) is 12.3 Å². The molecule has 2 aromatic rings. The summed E-state index contributed by atoms with van der Waals surface area (Å²) < 4.78 is 1.98. The molecular weight excluding hydrogens is 172 g/mol. The molecule has 0 saturated heterocycles. The molecule has 0 aromatic carbocycles. The lowest BCUT2D eigenvalue weighted by Crippen LogP contribution is -2.14. The van der Waals surface area contributed by atoms with E-state index in [0.29, 0.717) is 0 Å². The van der Waals surface area contributed by atoms with Gasteiger partial charge in [-0.15, -0.1) is 6.42 Å². The lowest BCUT2D eigenvalue weighted by Gasteiger charge is -2.12. The molecular formula is C12H12N2. The van der Waals surface area contributed by atoms with E-state index < -0.39 is 0 Å².